The third kappa shape index (κ3) is 6.21. The minimum atomic E-state index is 0.273. The smallest absolute Gasteiger partial charge is 0.193 e. The number of nitrogens with one attached hydrogen (secondary N) is 1. The van der Waals surface area contributed by atoms with Crippen LogP contribution in [0, 0.1) is 5.92 Å². The maximum Gasteiger partial charge on any atom is 0.193 e. The lowest BCUT2D eigenvalue weighted by molar-refractivity contribution is 0.129. The molecule has 1 fully saturated rings. The molecule has 1 aliphatic heterocycles. The standard InChI is InChI=1S/C24H34N4O/c1-4-26-24(27-18-23(19(2)3)20-9-8-14-25-17-20)28-15-12-22(13-16-28)29-21-10-6-5-7-11-21/h5-11,14,17,19,22-23H,4,12-13,15-16,18H2,1-3H3,(H,26,27). The molecule has 1 aliphatic rings. The number of rotatable bonds is 7. The SMILES string of the molecule is CCNC(=NCC(c1cccnc1)C(C)C)N1CCC(Oc2ccccc2)CC1. The van der Waals surface area contributed by atoms with Gasteiger partial charge in [-0.1, -0.05) is 38.1 Å². The highest BCUT2D eigenvalue weighted by Crippen LogP contribution is 2.24. The Hall–Kier alpha value is -2.56. The van der Waals surface area contributed by atoms with E-state index in [1.165, 1.54) is 5.56 Å². The van der Waals surface area contributed by atoms with Crippen LogP contribution in [-0.2, 0) is 0 Å². The van der Waals surface area contributed by atoms with Crippen LogP contribution in [0.4, 0.5) is 0 Å². The molecular formula is C24H34N4O. The van der Waals surface area contributed by atoms with Gasteiger partial charge in [0.15, 0.2) is 5.96 Å². The first-order valence-corrected chi connectivity index (χ1v) is 10.8. The second-order valence-corrected chi connectivity index (χ2v) is 7.95. The summed E-state index contributed by atoms with van der Waals surface area (Å²) < 4.78 is 6.14. The second-order valence-electron chi connectivity index (χ2n) is 7.95. The van der Waals surface area contributed by atoms with E-state index in [9.17, 15) is 0 Å². The van der Waals surface area contributed by atoms with Crippen LogP contribution >= 0.6 is 0 Å². The largest absolute Gasteiger partial charge is 0.490 e. The first-order valence-electron chi connectivity index (χ1n) is 10.8. The fourth-order valence-corrected chi connectivity index (χ4v) is 3.78. The number of benzene rings is 1. The van der Waals surface area contributed by atoms with Crippen molar-refractivity contribution in [3.8, 4) is 5.75 Å². The molecule has 1 unspecified atom stereocenters. The van der Waals surface area contributed by atoms with Gasteiger partial charge in [-0.25, -0.2) is 0 Å². The number of pyridine rings is 1. The van der Waals surface area contributed by atoms with E-state index in [0.29, 0.717) is 11.8 Å². The van der Waals surface area contributed by atoms with Crippen molar-refractivity contribution in [2.45, 2.75) is 45.6 Å². The molecule has 1 aromatic heterocycles. The van der Waals surface area contributed by atoms with Crippen molar-refractivity contribution in [2.75, 3.05) is 26.2 Å². The van der Waals surface area contributed by atoms with Crippen molar-refractivity contribution < 1.29 is 4.74 Å². The van der Waals surface area contributed by atoms with Crippen LogP contribution in [0.5, 0.6) is 5.75 Å². The summed E-state index contributed by atoms with van der Waals surface area (Å²) >= 11 is 0. The van der Waals surface area contributed by atoms with Gasteiger partial charge in [0.1, 0.15) is 11.9 Å². The highest BCUT2D eigenvalue weighted by Gasteiger charge is 2.23. The number of aromatic nitrogens is 1. The Morgan fingerprint density at radius 2 is 1.93 bits per heavy atom. The van der Waals surface area contributed by atoms with Crippen LogP contribution in [0.3, 0.4) is 0 Å². The topological polar surface area (TPSA) is 49.8 Å². The molecule has 0 aliphatic carbocycles. The summed E-state index contributed by atoms with van der Waals surface area (Å²) in [7, 11) is 0. The molecule has 5 nitrogen and oxygen atoms in total. The van der Waals surface area contributed by atoms with Crippen molar-refractivity contribution in [1.29, 1.82) is 0 Å². The zero-order chi connectivity index (χ0) is 20.5. The Bertz CT molecular complexity index is 740. The number of piperidine rings is 1. The van der Waals surface area contributed by atoms with Gasteiger partial charge in [0, 0.05) is 57.3 Å². The molecule has 1 aromatic carbocycles. The molecule has 0 spiro atoms. The average molecular weight is 395 g/mol. The van der Waals surface area contributed by atoms with Gasteiger partial charge in [-0.3, -0.25) is 9.98 Å². The number of hydrogen-bond donors (Lipinski definition) is 1. The first-order chi connectivity index (χ1) is 14.2. The van der Waals surface area contributed by atoms with Crippen molar-refractivity contribution in [3.05, 3.63) is 60.4 Å². The van der Waals surface area contributed by atoms with Crippen molar-refractivity contribution in [2.24, 2.45) is 10.9 Å². The predicted molar refractivity (Wildman–Crippen MR) is 119 cm³/mol. The minimum Gasteiger partial charge on any atom is -0.490 e. The number of aliphatic imine (C=N–C) groups is 1. The molecule has 0 bridgehead atoms. The summed E-state index contributed by atoms with van der Waals surface area (Å²) in [5.41, 5.74) is 1.26. The Kier molecular flexibility index (Phi) is 7.91. The van der Waals surface area contributed by atoms with Gasteiger partial charge in [0.05, 0.1) is 0 Å². The summed E-state index contributed by atoms with van der Waals surface area (Å²) in [6.07, 6.45) is 6.09. The number of nitrogens with zero attached hydrogens (tertiary/aromatic N) is 3. The zero-order valence-electron chi connectivity index (χ0n) is 17.9. The average Bonchev–Trinajstić information content (AvgIpc) is 2.75. The second kappa shape index (κ2) is 10.8. The van der Waals surface area contributed by atoms with E-state index >= 15 is 0 Å². The van der Waals surface area contributed by atoms with E-state index in [2.05, 4.69) is 42.0 Å². The van der Waals surface area contributed by atoms with E-state index in [0.717, 1.165) is 50.7 Å². The van der Waals surface area contributed by atoms with Crippen molar-refractivity contribution >= 4 is 5.96 Å². The van der Waals surface area contributed by atoms with Gasteiger partial charge in [-0.15, -0.1) is 0 Å². The summed E-state index contributed by atoms with van der Waals surface area (Å²) in [6, 6.07) is 14.3. The molecule has 29 heavy (non-hydrogen) atoms. The Labute approximate surface area is 175 Å². The van der Waals surface area contributed by atoms with Crippen LogP contribution < -0.4 is 10.1 Å². The highest BCUT2D eigenvalue weighted by atomic mass is 16.5. The summed E-state index contributed by atoms with van der Waals surface area (Å²) in [5.74, 6) is 2.86. The Morgan fingerprint density at radius 3 is 2.55 bits per heavy atom. The van der Waals surface area contributed by atoms with Crippen LogP contribution in [-0.4, -0.2) is 48.1 Å². The summed E-state index contributed by atoms with van der Waals surface area (Å²) in [5, 5.41) is 3.48. The van der Waals surface area contributed by atoms with E-state index in [1.807, 2.05) is 48.8 Å². The van der Waals surface area contributed by atoms with Gasteiger partial charge >= 0.3 is 0 Å². The minimum absolute atomic E-state index is 0.273. The molecular weight excluding hydrogens is 360 g/mol. The van der Waals surface area contributed by atoms with Crippen molar-refractivity contribution in [3.63, 3.8) is 0 Å². The van der Waals surface area contributed by atoms with Crippen molar-refractivity contribution in [1.82, 2.24) is 15.2 Å². The highest BCUT2D eigenvalue weighted by molar-refractivity contribution is 5.80. The molecule has 0 radical (unpaired) electrons. The quantitative estimate of drug-likeness (QED) is 0.561. The van der Waals surface area contributed by atoms with Gasteiger partial charge < -0.3 is 15.0 Å². The molecule has 1 N–H and O–H groups in total. The lowest BCUT2D eigenvalue weighted by Gasteiger charge is -2.34. The van der Waals surface area contributed by atoms with Gasteiger partial charge in [-0.2, -0.15) is 0 Å². The number of hydrogen-bond acceptors (Lipinski definition) is 3. The van der Waals surface area contributed by atoms with E-state index in [1.54, 1.807) is 0 Å². The monoisotopic (exact) mass is 394 g/mol. The molecule has 2 aromatic rings. The van der Waals surface area contributed by atoms with E-state index in [-0.39, 0.29) is 6.10 Å². The zero-order valence-corrected chi connectivity index (χ0v) is 17.9. The third-order valence-corrected chi connectivity index (χ3v) is 5.48. The lowest BCUT2D eigenvalue weighted by atomic mass is 9.89. The molecule has 5 heteroatoms. The molecule has 0 amide bonds. The van der Waals surface area contributed by atoms with Crippen LogP contribution in [0.15, 0.2) is 59.9 Å². The Balaban J connectivity index is 1.60. The molecule has 1 saturated heterocycles. The Morgan fingerprint density at radius 1 is 1.17 bits per heavy atom. The van der Waals surface area contributed by atoms with Crippen LogP contribution in [0.1, 0.15) is 45.1 Å². The molecule has 1 atom stereocenters. The van der Waals surface area contributed by atoms with Gasteiger partial charge in [0.2, 0.25) is 0 Å². The lowest BCUT2D eigenvalue weighted by Crippen LogP contribution is -2.47. The van der Waals surface area contributed by atoms with Gasteiger partial charge in [0.25, 0.3) is 0 Å². The number of para-hydroxylation sites is 1. The fraction of sp³-hybridized carbons (Fsp3) is 0.500. The normalized spacial score (nSPS) is 16.7. The molecule has 156 valence electrons. The van der Waals surface area contributed by atoms with Crippen LogP contribution in [0.2, 0.25) is 0 Å². The fourth-order valence-electron chi connectivity index (χ4n) is 3.78. The molecule has 0 saturated carbocycles. The third-order valence-electron chi connectivity index (χ3n) is 5.48. The number of ether oxygens (including phenoxy) is 1. The predicted octanol–water partition coefficient (Wildman–Crippen LogP) is 4.33. The maximum absolute atomic E-state index is 6.14. The summed E-state index contributed by atoms with van der Waals surface area (Å²) in [6.45, 7) is 10.2. The van der Waals surface area contributed by atoms with Crippen LogP contribution in [0.25, 0.3) is 0 Å². The van der Waals surface area contributed by atoms with E-state index < -0.39 is 0 Å². The van der Waals surface area contributed by atoms with Gasteiger partial charge in [-0.05, 0) is 36.6 Å². The summed E-state index contributed by atoms with van der Waals surface area (Å²) in [4.78, 5) is 11.7. The number of guanidine groups is 1. The first kappa shape index (κ1) is 21.2. The van der Waals surface area contributed by atoms with E-state index in [4.69, 9.17) is 9.73 Å². The molecule has 3 rings (SSSR count). The molecule has 2 heterocycles. The maximum atomic E-state index is 6.14. The number of likely N-dealkylation sites (tertiary alicyclic amines) is 1.